The molecule has 0 aliphatic carbocycles. The van der Waals surface area contributed by atoms with Gasteiger partial charge in [-0.15, -0.1) is 0 Å². The molecular formula is C17H37N. The first-order valence-electron chi connectivity index (χ1n) is 8.20. The van der Waals surface area contributed by atoms with Crippen molar-refractivity contribution >= 4 is 0 Å². The molecule has 1 nitrogen and oxygen atoms in total. The highest BCUT2D eigenvalue weighted by Crippen LogP contribution is 2.37. The smallest absolute Gasteiger partial charge is 0.000769 e. The number of rotatable bonds is 11. The Hall–Kier alpha value is -0.0400. The molecule has 2 atom stereocenters. The molecule has 0 fully saturated rings. The normalized spacial score (nSPS) is 16.8. The Bertz CT molecular complexity index is 178. The molecule has 0 spiro atoms. The van der Waals surface area contributed by atoms with Crippen molar-refractivity contribution in [1.29, 1.82) is 0 Å². The predicted molar refractivity (Wildman–Crippen MR) is 84.0 cm³/mol. The average Bonchev–Trinajstić information content (AvgIpc) is 2.32. The highest BCUT2D eigenvalue weighted by atomic mass is 14.9. The first-order valence-corrected chi connectivity index (χ1v) is 8.20. The molecule has 0 aromatic rings. The van der Waals surface area contributed by atoms with Crippen LogP contribution in [0.2, 0.25) is 0 Å². The van der Waals surface area contributed by atoms with E-state index in [1.165, 1.54) is 45.1 Å². The fourth-order valence-electron chi connectivity index (χ4n) is 3.28. The Balaban J connectivity index is 4.49. The van der Waals surface area contributed by atoms with E-state index in [2.05, 4.69) is 46.9 Å². The van der Waals surface area contributed by atoms with Crippen LogP contribution in [0.1, 0.15) is 80.1 Å². The maximum atomic E-state index is 3.61. The van der Waals surface area contributed by atoms with Crippen LogP contribution < -0.4 is 5.32 Å². The second kappa shape index (κ2) is 9.83. The van der Waals surface area contributed by atoms with Crippen molar-refractivity contribution in [3.8, 4) is 0 Å². The molecule has 0 saturated heterocycles. The van der Waals surface area contributed by atoms with Crippen LogP contribution in [0.15, 0.2) is 0 Å². The van der Waals surface area contributed by atoms with Gasteiger partial charge in [-0.05, 0) is 49.5 Å². The van der Waals surface area contributed by atoms with Crippen molar-refractivity contribution in [3.05, 3.63) is 0 Å². The van der Waals surface area contributed by atoms with E-state index in [1.54, 1.807) is 0 Å². The molecule has 0 aromatic heterocycles. The number of hydrogen-bond donors (Lipinski definition) is 1. The minimum Gasteiger partial charge on any atom is -0.316 e. The van der Waals surface area contributed by atoms with Gasteiger partial charge in [0.05, 0.1) is 0 Å². The number of hydrogen-bond acceptors (Lipinski definition) is 1. The highest BCUT2D eigenvalue weighted by Gasteiger charge is 2.29. The second-order valence-electron chi connectivity index (χ2n) is 6.68. The van der Waals surface area contributed by atoms with Gasteiger partial charge in [0, 0.05) is 6.54 Å². The number of unbranched alkanes of at least 4 members (excludes halogenated alkanes) is 1. The molecule has 0 aliphatic rings. The van der Waals surface area contributed by atoms with E-state index in [0.717, 1.165) is 18.4 Å². The van der Waals surface area contributed by atoms with Crippen molar-refractivity contribution in [2.45, 2.75) is 80.1 Å². The largest absolute Gasteiger partial charge is 0.316 e. The van der Waals surface area contributed by atoms with E-state index in [9.17, 15) is 0 Å². The molecule has 18 heavy (non-hydrogen) atoms. The van der Waals surface area contributed by atoms with Crippen LogP contribution in [0.3, 0.4) is 0 Å². The molecule has 0 aliphatic heterocycles. The fourth-order valence-corrected chi connectivity index (χ4v) is 3.28. The predicted octanol–water partition coefficient (Wildman–Crippen LogP) is 5.25. The van der Waals surface area contributed by atoms with E-state index in [4.69, 9.17) is 0 Å². The molecule has 1 N–H and O–H groups in total. The minimum atomic E-state index is 0.542. The second-order valence-corrected chi connectivity index (χ2v) is 6.68. The average molecular weight is 255 g/mol. The first kappa shape index (κ1) is 18.0. The third-order valence-electron chi connectivity index (χ3n) is 4.22. The Morgan fingerprint density at radius 1 is 1.06 bits per heavy atom. The molecule has 0 amide bonds. The SMILES string of the molecule is CCCCC(CC)(CNCC)CC(C)CC(C)C. The zero-order valence-electron chi connectivity index (χ0n) is 13.8. The molecule has 1 heteroatoms. The molecule has 0 heterocycles. The van der Waals surface area contributed by atoms with Crippen molar-refractivity contribution in [3.63, 3.8) is 0 Å². The summed E-state index contributed by atoms with van der Waals surface area (Å²) in [6.45, 7) is 16.4. The standard InChI is InChI=1S/C17H37N/c1-7-10-11-17(8-2,14-18-9-3)13-16(6)12-15(4)5/h15-16,18H,7-14H2,1-6H3. The third kappa shape index (κ3) is 7.41. The van der Waals surface area contributed by atoms with E-state index in [1.807, 2.05) is 0 Å². The highest BCUT2D eigenvalue weighted by molar-refractivity contribution is 4.82. The van der Waals surface area contributed by atoms with Crippen LogP contribution >= 0.6 is 0 Å². The Morgan fingerprint density at radius 3 is 2.17 bits per heavy atom. The molecule has 0 radical (unpaired) electrons. The maximum absolute atomic E-state index is 3.61. The summed E-state index contributed by atoms with van der Waals surface area (Å²) in [5.74, 6) is 1.69. The summed E-state index contributed by atoms with van der Waals surface area (Å²) in [4.78, 5) is 0. The van der Waals surface area contributed by atoms with E-state index in [0.29, 0.717) is 5.41 Å². The van der Waals surface area contributed by atoms with Gasteiger partial charge in [0.1, 0.15) is 0 Å². The van der Waals surface area contributed by atoms with Crippen LogP contribution in [0, 0.1) is 17.3 Å². The van der Waals surface area contributed by atoms with Crippen LogP contribution in [0.4, 0.5) is 0 Å². The lowest BCUT2D eigenvalue weighted by Gasteiger charge is -2.36. The van der Waals surface area contributed by atoms with Crippen LogP contribution in [0.25, 0.3) is 0 Å². The maximum Gasteiger partial charge on any atom is 0.000769 e. The van der Waals surface area contributed by atoms with E-state index in [-0.39, 0.29) is 0 Å². The summed E-state index contributed by atoms with van der Waals surface area (Å²) in [6.07, 6.45) is 8.20. The third-order valence-corrected chi connectivity index (χ3v) is 4.22. The van der Waals surface area contributed by atoms with Crippen molar-refractivity contribution in [2.24, 2.45) is 17.3 Å². The van der Waals surface area contributed by atoms with Gasteiger partial charge < -0.3 is 5.32 Å². The monoisotopic (exact) mass is 255 g/mol. The lowest BCUT2D eigenvalue weighted by Crippen LogP contribution is -2.35. The lowest BCUT2D eigenvalue weighted by atomic mass is 9.72. The van der Waals surface area contributed by atoms with E-state index < -0.39 is 0 Å². The van der Waals surface area contributed by atoms with Gasteiger partial charge in [-0.25, -0.2) is 0 Å². The van der Waals surface area contributed by atoms with Crippen LogP contribution in [-0.2, 0) is 0 Å². The molecule has 2 unspecified atom stereocenters. The summed E-state index contributed by atoms with van der Waals surface area (Å²) in [6, 6.07) is 0. The molecular weight excluding hydrogens is 218 g/mol. The summed E-state index contributed by atoms with van der Waals surface area (Å²) < 4.78 is 0. The Kier molecular flexibility index (Phi) is 9.81. The van der Waals surface area contributed by atoms with Crippen LogP contribution in [0.5, 0.6) is 0 Å². The molecule has 0 rings (SSSR count). The van der Waals surface area contributed by atoms with Crippen molar-refractivity contribution in [2.75, 3.05) is 13.1 Å². The number of nitrogens with one attached hydrogen (secondary N) is 1. The molecule has 0 aromatic carbocycles. The van der Waals surface area contributed by atoms with Gasteiger partial charge in [-0.2, -0.15) is 0 Å². The molecule has 110 valence electrons. The zero-order chi connectivity index (χ0) is 14.0. The van der Waals surface area contributed by atoms with E-state index >= 15 is 0 Å². The molecule has 0 bridgehead atoms. The fraction of sp³-hybridized carbons (Fsp3) is 1.00. The summed E-state index contributed by atoms with van der Waals surface area (Å²) >= 11 is 0. The summed E-state index contributed by atoms with van der Waals surface area (Å²) in [5, 5.41) is 3.61. The quantitative estimate of drug-likeness (QED) is 0.531. The first-order chi connectivity index (χ1) is 8.49. The van der Waals surface area contributed by atoms with Crippen molar-refractivity contribution < 1.29 is 0 Å². The minimum absolute atomic E-state index is 0.542. The van der Waals surface area contributed by atoms with Gasteiger partial charge >= 0.3 is 0 Å². The summed E-state index contributed by atoms with van der Waals surface area (Å²) in [5.41, 5.74) is 0.542. The van der Waals surface area contributed by atoms with Gasteiger partial charge in [0.15, 0.2) is 0 Å². The Labute approximate surface area is 116 Å². The lowest BCUT2D eigenvalue weighted by molar-refractivity contribution is 0.171. The van der Waals surface area contributed by atoms with Gasteiger partial charge in [-0.1, -0.05) is 54.4 Å². The van der Waals surface area contributed by atoms with Gasteiger partial charge in [0.25, 0.3) is 0 Å². The zero-order valence-corrected chi connectivity index (χ0v) is 13.8. The Morgan fingerprint density at radius 2 is 1.72 bits per heavy atom. The topological polar surface area (TPSA) is 12.0 Å². The molecule has 0 saturated carbocycles. The van der Waals surface area contributed by atoms with Crippen molar-refractivity contribution in [1.82, 2.24) is 5.32 Å². The van der Waals surface area contributed by atoms with Gasteiger partial charge in [0.2, 0.25) is 0 Å². The summed E-state index contributed by atoms with van der Waals surface area (Å²) in [7, 11) is 0. The van der Waals surface area contributed by atoms with Gasteiger partial charge in [-0.3, -0.25) is 0 Å². The van der Waals surface area contributed by atoms with Crippen LogP contribution in [-0.4, -0.2) is 13.1 Å².